The van der Waals surface area contributed by atoms with Crippen LogP contribution in [0.2, 0.25) is 0 Å². The topological polar surface area (TPSA) is 147 Å². The lowest BCUT2D eigenvalue weighted by Gasteiger charge is -2.14. The Kier molecular flexibility index (Phi) is 6.95. The minimum absolute atomic E-state index is 0.121. The normalized spacial score (nSPS) is 11.1. The Bertz CT molecular complexity index is 1480. The highest BCUT2D eigenvalue weighted by molar-refractivity contribution is 5.83. The molecular weight excluding hydrogens is 452 g/mol. The zero-order valence-corrected chi connectivity index (χ0v) is 19.3. The largest absolute Gasteiger partial charge is 0.467 e. The van der Waals surface area contributed by atoms with E-state index in [-0.39, 0.29) is 31.2 Å². The molecule has 182 valence electrons. The Labute approximate surface area is 199 Å². The summed E-state index contributed by atoms with van der Waals surface area (Å²) in [7, 11) is 0. The van der Waals surface area contributed by atoms with E-state index in [9.17, 15) is 19.2 Å². The molecule has 0 saturated carbocycles. The maximum Gasteiger partial charge on any atom is 0.331 e. The van der Waals surface area contributed by atoms with Crippen LogP contribution >= 0.6 is 0 Å². The quantitative estimate of drug-likeness (QED) is 0.348. The van der Waals surface area contributed by atoms with Crippen molar-refractivity contribution in [2.75, 3.05) is 5.73 Å². The third-order valence-corrected chi connectivity index (χ3v) is 5.64. The molecule has 1 amide bonds. The van der Waals surface area contributed by atoms with Crippen molar-refractivity contribution in [1.82, 2.24) is 24.2 Å². The van der Waals surface area contributed by atoms with Crippen LogP contribution in [0.15, 0.2) is 62.7 Å². The molecule has 0 saturated heterocycles. The lowest BCUT2D eigenvalue weighted by Crippen LogP contribution is -2.41. The van der Waals surface area contributed by atoms with E-state index < -0.39 is 17.2 Å². The standard InChI is InChI=1S/C24H26N6O5/c1-16-13-20(25)27-30(16)22(32)15-29-19-9-3-2-8-18(19)23(33)28(24(29)34)11-5-4-10-21(31)26-14-17-7-6-12-35-17/h2-3,6-9,12-13H,4-5,10-11,14-15H2,1H3,(H2,25,27)(H,26,31). The summed E-state index contributed by atoms with van der Waals surface area (Å²) in [6, 6.07) is 11.7. The van der Waals surface area contributed by atoms with Crippen LogP contribution in [0.25, 0.3) is 10.9 Å². The first kappa shape index (κ1) is 23.7. The molecule has 0 fully saturated rings. The van der Waals surface area contributed by atoms with Gasteiger partial charge in [0.05, 0.1) is 23.7 Å². The van der Waals surface area contributed by atoms with Gasteiger partial charge >= 0.3 is 5.69 Å². The molecule has 3 N–H and O–H groups in total. The van der Waals surface area contributed by atoms with E-state index in [1.807, 2.05) is 0 Å². The summed E-state index contributed by atoms with van der Waals surface area (Å²) in [6.45, 7) is 1.80. The summed E-state index contributed by atoms with van der Waals surface area (Å²) >= 11 is 0. The molecule has 0 atom stereocenters. The lowest BCUT2D eigenvalue weighted by molar-refractivity contribution is -0.121. The predicted molar refractivity (Wildman–Crippen MR) is 129 cm³/mol. The minimum atomic E-state index is -0.595. The minimum Gasteiger partial charge on any atom is -0.467 e. The maximum atomic E-state index is 13.3. The SMILES string of the molecule is Cc1cc(N)nn1C(=O)Cn1c(=O)n(CCCCC(=O)NCc2ccco2)c(=O)c2ccccc21. The van der Waals surface area contributed by atoms with E-state index in [1.165, 1.54) is 10.8 Å². The van der Waals surface area contributed by atoms with Crippen LogP contribution < -0.4 is 22.3 Å². The first-order chi connectivity index (χ1) is 16.8. The Morgan fingerprint density at radius 1 is 1.09 bits per heavy atom. The molecule has 0 aliphatic rings. The van der Waals surface area contributed by atoms with E-state index in [4.69, 9.17) is 10.2 Å². The highest BCUT2D eigenvalue weighted by Crippen LogP contribution is 2.10. The molecule has 3 aromatic heterocycles. The number of anilines is 1. The van der Waals surface area contributed by atoms with Crippen molar-refractivity contribution in [3.8, 4) is 0 Å². The number of nitrogen functional groups attached to an aromatic ring is 1. The van der Waals surface area contributed by atoms with Gasteiger partial charge in [0.15, 0.2) is 0 Å². The Hall–Kier alpha value is -4.41. The molecule has 0 unspecified atom stereocenters. The number of rotatable bonds is 9. The highest BCUT2D eigenvalue weighted by atomic mass is 16.3. The molecule has 0 spiro atoms. The Morgan fingerprint density at radius 2 is 1.89 bits per heavy atom. The van der Waals surface area contributed by atoms with Crippen molar-refractivity contribution in [2.45, 2.75) is 45.8 Å². The molecule has 11 heteroatoms. The lowest BCUT2D eigenvalue weighted by atomic mass is 10.2. The molecular formula is C24H26N6O5. The van der Waals surface area contributed by atoms with Gasteiger partial charge < -0.3 is 15.5 Å². The van der Waals surface area contributed by atoms with E-state index in [0.717, 1.165) is 9.25 Å². The van der Waals surface area contributed by atoms with Gasteiger partial charge in [-0.2, -0.15) is 0 Å². The number of unbranched alkanes of at least 4 members (excludes halogenated alkanes) is 1. The van der Waals surface area contributed by atoms with Gasteiger partial charge in [0.1, 0.15) is 18.1 Å². The van der Waals surface area contributed by atoms with Gasteiger partial charge in [0, 0.05) is 24.7 Å². The monoisotopic (exact) mass is 478 g/mol. The second-order valence-corrected chi connectivity index (χ2v) is 8.17. The van der Waals surface area contributed by atoms with Crippen molar-refractivity contribution >= 4 is 28.5 Å². The third-order valence-electron chi connectivity index (χ3n) is 5.64. The summed E-state index contributed by atoms with van der Waals surface area (Å²) < 4.78 is 8.71. The molecule has 4 aromatic rings. The first-order valence-electron chi connectivity index (χ1n) is 11.2. The Morgan fingerprint density at radius 3 is 2.60 bits per heavy atom. The van der Waals surface area contributed by atoms with E-state index in [0.29, 0.717) is 41.7 Å². The molecule has 11 nitrogen and oxygen atoms in total. The van der Waals surface area contributed by atoms with Crippen LogP contribution in [0.1, 0.15) is 35.5 Å². The Balaban J connectivity index is 1.49. The maximum absolute atomic E-state index is 13.3. The van der Waals surface area contributed by atoms with Crippen LogP contribution in [0, 0.1) is 6.92 Å². The summed E-state index contributed by atoms with van der Waals surface area (Å²) in [5, 5.41) is 7.07. The number of carbonyl (C=O) groups excluding carboxylic acids is 2. The van der Waals surface area contributed by atoms with Crippen molar-refractivity contribution in [3.05, 3.63) is 81.0 Å². The molecule has 4 rings (SSSR count). The van der Waals surface area contributed by atoms with Gasteiger partial charge in [-0.1, -0.05) is 12.1 Å². The summed E-state index contributed by atoms with van der Waals surface area (Å²) in [4.78, 5) is 51.2. The molecule has 35 heavy (non-hydrogen) atoms. The van der Waals surface area contributed by atoms with Gasteiger partial charge in [-0.05, 0) is 44.0 Å². The van der Waals surface area contributed by atoms with E-state index >= 15 is 0 Å². The molecule has 0 bridgehead atoms. The zero-order chi connectivity index (χ0) is 24.9. The highest BCUT2D eigenvalue weighted by Gasteiger charge is 2.18. The number of fused-ring (bicyclic) bond motifs is 1. The summed E-state index contributed by atoms with van der Waals surface area (Å²) in [5.74, 6) is 0.254. The number of nitrogens with zero attached hydrogens (tertiary/aromatic N) is 4. The second-order valence-electron chi connectivity index (χ2n) is 8.17. The fourth-order valence-electron chi connectivity index (χ4n) is 3.92. The number of hydrogen-bond acceptors (Lipinski definition) is 7. The van der Waals surface area contributed by atoms with Gasteiger partial charge in [0.2, 0.25) is 5.91 Å². The summed E-state index contributed by atoms with van der Waals surface area (Å²) in [6.07, 6.45) is 2.70. The van der Waals surface area contributed by atoms with Gasteiger partial charge in [-0.25, -0.2) is 9.48 Å². The number of para-hydroxylation sites is 1. The number of aromatic nitrogens is 4. The van der Waals surface area contributed by atoms with Gasteiger partial charge in [-0.15, -0.1) is 5.10 Å². The van der Waals surface area contributed by atoms with E-state index in [1.54, 1.807) is 49.4 Å². The fourth-order valence-corrected chi connectivity index (χ4v) is 3.92. The first-order valence-corrected chi connectivity index (χ1v) is 11.2. The molecule has 3 heterocycles. The van der Waals surface area contributed by atoms with Crippen LogP contribution in [-0.2, 0) is 24.4 Å². The van der Waals surface area contributed by atoms with Gasteiger partial charge in [0.25, 0.3) is 11.5 Å². The zero-order valence-electron chi connectivity index (χ0n) is 19.3. The predicted octanol–water partition coefficient (Wildman–Crippen LogP) is 1.67. The number of aryl methyl sites for hydroxylation is 1. The van der Waals surface area contributed by atoms with Gasteiger partial charge in [-0.3, -0.25) is 23.5 Å². The number of furan rings is 1. The number of nitrogens with one attached hydrogen (secondary N) is 1. The second kappa shape index (κ2) is 10.2. The van der Waals surface area contributed by atoms with Crippen molar-refractivity contribution in [1.29, 1.82) is 0 Å². The van der Waals surface area contributed by atoms with Crippen molar-refractivity contribution in [2.24, 2.45) is 0 Å². The van der Waals surface area contributed by atoms with Crippen molar-refractivity contribution < 1.29 is 14.0 Å². The third kappa shape index (κ3) is 5.24. The average molecular weight is 479 g/mol. The number of benzene rings is 1. The van der Waals surface area contributed by atoms with Crippen LogP contribution in [0.3, 0.4) is 0 Å². The number of nitrogens with two attached hydrogens (primary N) is 1. The van der Waals surface area contributed by atoms with Crippen LogP contribution in [0.5, 0.6) is 0 Å². The average Bonchev–Trinajstić information content (AvgIpc) is 3.48. The number of amides is 1. The molecule has 0 radical (unpaired) electrons. The molecule has 0 aliphatic heterocycles. The number of hydrogen-bond donors (Lipinski definition) is 2. The number of carbonyl (C=O) groups is 2. The fraction of sp³-hybridized carbons (Fsp3) is 0.292. The van der Waals surface area contributed by atoms with Crippen LogP contribution in [0.4, 0.5) is 5.82 Å². The smallest absolute Gasteiger partial charge is 0.331 e. The van der Waals surface area contributed by atoms with Crippen molar-refractivity contribution in [3.63, 3.8) is 0 Å². The van der Waals surface area contributed by atoms with E-state index in [2.05, 4.69) is 10.4 Å². The molecule has 0 aliphatic carbocycles. The molecule has 1 aromatic carbocycles. The summed E-state index contributed by atoms with van der Waals surface area (Å²) in [5.41, 5.74) is 5.56. The van der Waals surface area contributed by atoms with Crippen LogP contribution in [-0.4, -0.2) is 30.7 Å².